The molecule has 3 heterocycles. The quantitative estimate of drug-likeness (QED) is 0.410. The SMILES string of the molecule is C=C(C)C(=O)NCC(=O)OC1C2C3OC1(C)C[C@@H]3OS2(=O)=O. The van der Waals surface area contributed by atoms with E-state index in [9.17, 15) is 18.0 Å². The summed E-state index contributed by atoms with van der Waals surface area (Å²) in [5.41, 5.74) is -0.616. The van der Waals surface area contributed by atoms with E-state index in [-0.39, 0.29) is 12.1 Å². The molecule has 0 aromatic heterocycles. The molecule has 0 aromatic rings. The van der Waals surface area contributed by atoms with E-state index in [1.807, 2.05) is 0 Å². The zero-order valence-corrected chi connectivity index (χ0v) is 13.0. The van der Waals surface area contributed by atoms with Crippen LogP contribution in [0.25, 0.3) is 0 Å². The van der Waals surface area contributed by atoms with E-state index in [4.69, 9.17) is 13.7 Å². The van der Waals surface area contributed by atoms with Gasteiger partial charge < -0.3 is 14.8 Å². The second-order valence-electron chi connectivity index (χ2n) is 6.06. The van der Waals surface area contributed by atoms with Crippen molar-refractivity contribution in [2.45, 2.75) is 49.4 Å². The van der Waals surface area contributed by atoms with Crippen LogP contribution in [0.3, 0.4) is 0 Å². The number of hydrogen-bond donors (Lipinski definition) is 1. The number of carbonyl (C=O) groups excluding carboxylic acids is 2. The van der Waals surface area contributed by atoms with Crippen molar-refractivity contribution in [2.24, 2.45) is 0 Å². The molecular formula is C13H17NO7S. The Labute approximate surface area is 127 Å². The normalized spacial score (nSPS) is 40.5. The maximum absolute atomic E-state index is 12.0. The number of fused-ring (bicyclic) bond motifs is 1. The molecular weight excluding hydrogens is 314 g/mol. The number of nitrogens with one attached hydrogen (secondary N) is 1. The first kappa shape index (κ1) is 15.4. The van der Waals surface area contributed by atoms with Crippen LogP contribution in [-0.2, 0) is 33.4 Å². The minimum absolute atomic E-state index is 0.262. The van der Waals surface area contributed by atoms with E-state index in [0.29, 0.717) is 6.42 Å². The predicted molar refractivity (Wildman–Crippen MR) is 73.2 cm³/mol. The summed E-state index contributed by atoms with van der Waals surface area (Å²) in [6.45, 7) is 6.30. The number of ether oxygens (including phenoxy) is 2. The molecule has 1 amide bonds. The van der Waals surface area contributed by atoms with Gasteiger partial charge in [-0.1, -0.05) is 6.58 Å². The van der Waals surface area contributed by atoms with Crippen LogP contribution in [0.15, 0.2) is 12.2 Å². The van der Waals surface area contributed by atoms with E-state index in [0.717, 1.165) is 0 Å². The highest BCUT2D eigenvalue weighted by Crippen LogP contribution is 2.53. The molecule has 122 valence electrons. The molecule has 5 atom stereocenters. The monoisotopic (exact) mass is 331 g/mol. The average molecular weight is 331 g/mol. The van der Waals surface area contributed by atoms with Crippen LogP contribution in [0.2, 0.25) is 0 Å². The lowest BCUT2D eigenvalue weighted by Gasteiger charge is -2.29. The molecule has 0 aliphatic carbocycles. The number of amides is 1. The molecule has 1 N–H and O–H groups in total. The Balaban J connectivity index is 1.69. The number of hydrogen-bond acceptors (Lipinski definition) is 7. The summed E-state index contributed by atoms with van der Waals surface area (Å²) < 4.78 is 40.0. The highest BCUT2D eigenvalue weighted by atomic mass is 32.2. The Hall–Kier alpha value is -1.45. The summed E-state index contributed by atoms with van der Waals surface area (Å²) in [6.07, 6.45) is -1.69. The van der Waals surface area contributed by atoms with Gasteiger partial charge in [0.05, 0.1) is 0 Å². The molecule has 0 aromatic carbocycles. The predicted octanol–water partition coefficient (Wildman–Crippen LogP) is -0.751. The van der Waals surface area contributed by atoms with Crippen molar-refractivity contribution in [1.82, 2.24) is 5.32 Å². The van der Waals surface area contributed by atoms with Crippen molar-refractivity contribution in [1.29, 1.82) is 0 Å². The molecule has 22 heavy (non-hydrogen) atoms. The molecule has 4 unspecified atom stereocenters. The van der Waals surface area contributed by atoms with Crippen molar-refractivity contribution < 1.29 is 31.7 Å². The van der Waals surface area contributed by atoms with Crippen molar-refractivity contribution in [2.75, 3.05) is 6.54 Å². The van der Waals surface area contributed by atoms with Gasteiger partial charge in [-0.25, -0.2) is 0 Å². The Kier molecular flexibility index (Phi) is 3.35. The lowest BCUT2D eigenvalue weighted by atomic mass is 9.85. The van der Waals surface area contributed by atoms with Gasteiger partial charge in [0, 0.05) is 12.0 Å². The van der Waals surface area contributed by atoms with Gasteiger partial charge >= 0.3 is 5.97 Å². The first-order chi connectivity index (χ1) is 10.1. The highest BCUT2D eigenvalue weighted by molar-refractivity contribution is 7.87. The smallest absolute Gasteiger partial charge is 0.325 e. The zero-order valence-electron chi connectivity index (χ0n) is 12.2. The average Bonchev–Trinajstić information content (AvgIpc) is 2.91. The van der Waals surface area contributed by atoms with Crippen molar-refractivity contribution >= 4 is 22.0 Å². The van der Waals surface area contributed by atoms with Gasteiger partial charge in [0.15, 0.2) is 11.4 Å². The maximum Gasteiger partial charge on any atom is 0.325 e. The number of rotatable bonds is 4. The Morgan fingerprint density at radius 1 is 1.45 bits per heavy atom. The first-order valence-electron chi connectivity index (χ1n) is 6.87. The molecule has 3 saturated heterocycles. The Morgan fingerprint density at radius 3 is 2.77 bits per heavy atom. The second kappa shape index (κ2) is 4.77. The topological polar surface area (TPSA) is 108 Å². The van der Waals surface area contributed by atoms with Crippen LogP contribution >= 0.6 is 0 Å². The number of esters is 1. The third-order valence-electron chi connectivity index (χ3n) is 4.23. The summed E-state index contributed by atoms with van der Waals surface area (Å²) in [5, 5.41) is 1.34. The lowest BCUT2D eigenvalue weighted by Crippen LogP contribution is -2.49. The van der Waals surface area contributed by atoms with E-state index in [1.165, 1.54) is 6.92 Å². The lowest BCUT2D eigenvalue weighted by molar-refractivity contribution is -0.156. The molecule has 8 nitrogen and oxygen atoms in total. The Morgan fingerprint density at radius 2 is 2.14 bits per heavy atom. The van der Waals surface area contributed by atoms with Crippen LogP contribution in [0, 0.1) is 0 Å². The largest absolute Gasteiger partial charge is 0.456 e. The molecule has 2 bridgehead atoms. The molecule has 3 rings (SSSR count). The summed E-state index contributed by atoms with van der Waals surface area (Å²) in [4.78, 5) is 23.2. The zero-order chi connectivity index (χ0) is 16.3. The first-order valence-corrected chi connectivity index (χ1v) is 8.34. The van der Waals surface area contributed by atoms with Crippen molar-refractivity contribution in [3.8, 4) is 0 Å². The molecule has 3 fully saturated rings. The van der Waals surface area contributed by atoms with Gasteiger partial charge in [-0.15, -0.1) is 0 Å². The van der Waals surface area contributed by atoms with Gasteiger partial charge in [-0.05, 0) is 13.8 Å². The third-order valence-corrected chi connectivity index (χ3v) is 5.93. The van der Waals surface area contributed by atoms with E-state index >= 15 is 0 Å². The molecule has 3 aliphatic rings. The number of carbonyl (C=O) groups is 2. The maximum atomic E-state index is 12.0. The minimum Gasteiger partial charge on any atom is -0.456 e. The van der Waals surface area contributed by atoms with Crippen LogP contribution in [0.5, 0.6) is 0 Å². The van der Waals surface area contributed by atoms with Gasteiger partial charge in [0.2, 0.25) is 5.91 Å². The van der Waals surface area contributed by atoms with Gasteiger partial charge in [0.25, 0.3) is 10.1 Å². The summed E-state index contributed by atoms with van der Waals surface area (Å²) >= 11 is 0. The summed E-state index contributed by atoms with van der Waals surface area (Å²) in [6, 6.07) is 0. The van der Waals surface area contributed by atoms with Gasteiger partial charge in [-0.2, -0.15) is 8.42 Å². The van der Waals surface area contributed by atoms with E-state index in [1.54, 1.807) is 6.92 Å². The molecule has 0 saturated carbocycles. The molecule has 0 radical (unpaired) electrons. The fourth-order valence-electron chi connectivity index (χ4n) is 3.25. The van der Waals surface area contributed by atoms with Crippen LogP contribution in [0.1, 0.15) is 20.3 Å². The highest BCUT2D eigenvalue weighted by Gasteiger charge is 2.72. The van der Waals surface area contributed by atoms with Crippen LogP contribution < -0.4 is 5.32 Å². The second-order valence-corrected chi connectivity index (χ2v) is 7.79. The molecule has 9 heteroatoms. The van der Waals surface area contributed by atoms with Gasteiger partial charge in [-0.3, -0.25) is 13.8 Å². The van der Waals surface area contributed by atoms with Gasteiger partial charge in [0.1, 0.15) is 24.4 Å². The summed E-state index contributed by atoms with van der Waals surface area (Å²) in [5.74, 6) is -1.19. The fourth-order valence-corrected chi connectivity index (χ4v) is 5.11. The van der Waals surface area contributed by atoms with E-state index < -0.39 is 51.2 Å². The van der Waals surface area contributed by atoms with Crippen LogP contribution in [0.4, 0.5) is 0 Å². The standard InChI is InChI=1S/C13H17NO7S/c1-6(2)12(16)14-5-8(15)19-11-10-9-7(21-22(10,17)18)4-13(11,3)20-9/h7,9-11H,1,4-5H2,2-3H3,(H,14,16)/t7-,9?,10?,11?,13?/m0/s1. The third kappa shape index (κ3) is 2.24. The Bertz CT molecular complexity index is 653. The fraction of sp³-hybridized carbons (Fsp3) is 0.692. The summed E-state index contributed by atoms with van der Waals surface area (Å²) in [7, 11) is -3.81. The van der Waals surface area contributed by atoms with Crippen LogP contribution in [-0.4, -0.2) is 56.0 Å². The molecule has 3 aliphatic heterocycles. The molecule has 0 spiro atoms. The van der Waals surface area contributed by atoms with Crippen molar-refractivity contribution in [3.63, 3.8) is 0 Å². The van der Waals surface area contributed by atoms with E-state index in [2.05, 4.69) is 11.9 Å². The minimum atomic E-state index is -3.81. The van der Waals surface area contributed by atoms with Crippen molar-refractivity contribution in [3.05, 3.63) is 12.2 Å².